The van der Waals surface area contributed by atoms with Crippen LogP contribution >= 0.6 is 0 Å². The van der Waals surface area contributed by atoms with Gasteiger partial charge in [0.2, 0.25) is 0 Å². The van der Waals surface area contributed by atoms with Crippen LogP contribution in [-0.4, -0.2) is 60.4 Å². The summed E-state index contributed by atoms with van der Waals surface area (Å²) in [5, 5.41) is 8.85. The van der Waals surface area contributed by atoms with Crippen LogP contribution in [0.25, 0.3) is 0 Å². The van der Waals surface area contributed by atoms with Crippen LogP contribution < -0.4 is 0 Å². The molecule has 6 nitrogen and oxygen atoms in total. The highest BCUT2D eigenvalue weighted by Gasteiger charge is 2.26. The van der Waals surface area contributed by atoms with E-state index in [0.29, 0.717) is 26.2 Å². The van der Waals surface area contributed by atoms with Crippen molar-refractivity contribution < 1.29 is 24.2 Å². The van der Waals surface area contributed by atoms with E-state index in [1.807, 2.05) is 20.8 Å². The highest BCUT2D eigenvalue weighted by molar-refractivity contribution is 5.84. The predicted molar refractivity (Wildman–Crippen MR) is 71.0 cm³/mol. The van der Waals surface area contributed by atoms with Crippen LogP contribution in [-0.2, 0) is 19.1 Å². The molecule has 0 heterocycles. The maximum absolute atomic E-state index is 12.1. The van der Waals surface area contributed by atoms with E-state index in [1.54, 1.807) is 6.92 Å². The van der Waals surface area contributed by atoms with E-state index in [-0.39, 0.29) is 18.5 Å². The Labute approximate surface area is 114 Å². The van der Waals surface area contributed by atoms with Crippen LogP contribution in [0.2, 0.25) is 0 Å². The van der Waals surface area contributed by atoms with Crippen molar-refractivity contribution in [2.24, 2.45) is 0 Å². The number of amides is 1. The summed E-state index contributed by atoms with van der Waals surface area (Å²) in [6, 6.07) is -0.124. The van der Waals surface area contributed by atoms with Gasteiger partial charge in [-0.05, 0) is 27.2 Å². The van der Waals surface area contributed by atoms with Crippen LogP contribution in [0, 0.1) is 0 Å². The molecule has 2 unspecified atom stereocenters. The lowest BCUT2D eigenvalue weighted by atomic mass is 10.2. The molecule has 0 bridgehead atoms. The molecule has 0 saturated heterocycles. The summed E-state index contributed by atoms with van der Waals surface area (Å²) in [4.78, 5) is 24.3. The average molecular weight is 275 g/mol. The van der Waals surface area contributed by atoms with E-state index in [0.717, 1.165) is 0 Å². The lowest BCUT2D eigenvalue weighted by Crippen LogP contribution is -2.46. The minimum Gasteiger partial charge on any atom is -0.480 e. The number of carbonyl (C=O) groups is 2. The fourth-order valence-corrected chi connectivity index (χ4v) is 1.55. The van der Waals surface area contributed by atoms with Crippen molar-refractivity contribution in [3.05, 3.63) is 0 Å². The van der Waals surface area contributed by atoms with Gasteiger partial charge in [-0.3, -0.25) is 9.59 Å². The van der Waals surface area contributed by atoms with E-state index < -0.39 is 12.1 Å². The molecular weight excluding hydrogens is 250 g/mol. The molecule has 6 heteroatoms. The summed E-state index contributed by atoms with van der Waals surface area (Å²) in [6.07, 6.45) is 0.0406. The van der Waals surface area contributed by atoms with Gasteiger partial charge in [0.05, 0.1) is 13.2 Å². The summed E-state index contributed by atoms with van der Waals surface area (Å²) >= 11 is 0. The summed E-state index contributed by atoms with van der Waals surface area (Å²) in [6.45, 7) is 8.30. The van der Waals surface area contributed by atoms with Crippen molar-refractivity contribution in [1.82, 2.24) is 4.90 Å². The maximum atomic E-state index is 12.1. The van der Waals surface area contributed by atoms with Gasteiger partial charge >= 0.3 is 5.97 Å². The Morgan fingerprint density at radius 1 is 1.21 bits per heavy atom. The van der Waals surface area contributed by atoms with Crippen molar-refractivity contribution in [3.8, 4) is 0 Å². The van der Waals surface area contributed by atoms with Crippen molar-refractivity contribution >= 4 is 11.9 Å². The Kier molecular flexibility index (Phi) is 9.16. The fraction of sp³-hybridized carbons (Fsp3) is 0.846. The number of nitrogens with zero attached hydrogens (tertiary/aromatic N) is 1. The highest BCUT2D eigenvalue weighted by atomic mass is 16.5. The third-order valence-electron chi connectivity index (χ3n) is 2.86. The molecule has 0 aliphatic heterocycles. The molecular formula is C13H25NO5. The fourth-order valence-electron chi connectivity index (χ4n) is 1.55. The molecule has 0 rings (SSSR count). The molecule has 0 aliphatic rings. The summed E-state index contributed by atoms with van der Waals surface area (Å²) < 4.78 is 10.5. The van der Waals surface area contributed by atoms with Crippen LogP contribution in [0.1, 0.15) is 34.1 Å². The molecule has 0 radical (unpaired) electrons. The monoisotopic (exact) mass is 275 g/mol. The predicted octanol–water partition coefficient (Wildman–Crippen LogP) is 1.14. The quantitative estimate of drug-likeness (QED) is 0.605. The Morgan fingerprint density at radius 3 is 2.32 bits per heavy atom. The first kappa shape index (κ1) is 17.9. The van der Waals surface area contributed by atoms with Gasteiger partial charge in [0.15, 0.2) is 0 Å². The SMILES string of the molecule is CCOCCOC(C)C(=O)N(CC(=O)O)C(C)CC. The number of rotatable bonds is 10. The zero-order valence-corrected chi connectivity index (χ0v) is 12.2. The van der Waals surface area contributed by atoms with Gasteiger partial charge in [-0.2, -0.15) is 0 Å². The molecule has 0 fully saturated rings. The van der Waals surface area contributed by atoms with Gasteiger partial charge in [-0.1, -0.05) is 6.92 Å². The average Bonchev–Trinajstić information content (AvgIpc) is 2.38. The molecule has 0 aliphatic carbocycles. The number of carboxylic acids is 1. The van der Waals surface area contributed by atoms with E-state index >= 15 is 0 Å². The molecule has 0 aromatic rings. The van der Waals surface area contributed by atoms with Gasteiger partial charge in [0, 0.05) is 12.6 Å². The van der Waals surface area contributed by atoms with Gasteiger partial charge < -0.3 is 19.5 Å². The highest BCUT2D eigenvalue weighted by Crippen LogP contribution is 2.08. The zero-order valence-electron chi connectivity index (χ0n) is 12.2. The Hall–Kier alpha value is -1.14. The van der Waals surface area contributed by atoms with Gasteiger partial charge in [0.1, 0.15) is 12.6 Å². The Balaban J connectivity index is 4.39. The van der Waals surface area contributed by atoms with Crippen molar-refractivity contribution in [2.45, 2.75) is 46.3 Å². The van der Waals surface area contributed by atoms with Crippen LogP contribution in [0.4, 0.5) is 0 Å². The van der Waals surface area contributed by atoms with Crippen molar-refractivity contribution in [1.29, 1.82) is 0 Å². The third kappa shape index (κ3) is 7.12. The molecule has 112 valence electrons. The van der Waals surface area contributed by atoms with Crippen LogP contribution in [0.5, 0.6) is 0 Å². The van der Waals surface area contributed by atoms with Crippen LogP contribution in [0.3, 0.4) is 0 Å². The number of aliphatic carboxylic acids is 1. The minimum atomic E-state index is -1.02. The van der Waals surface area contributed by atoms with E-state index in [1.165, 1.54) is 4.90 Å². The first-order chi connectivity index (χ1) is 8.93. The topological polar surface area (TPSA) is 76.1 Å². The number of ether oxygens (including phenoxy) is 2. The number of hydrogen-bond donors (Lipinski definition) is 1. The van der Waals surface area contributed by atoms with E-state index in [9.17, 15) is 9.59 Å². The van der Waals surface area contributed by atoms with Crippen LogP contribution in [0.15, 0.2) is 0 Å². The van der Waals surface area contributed by atoms with Gasteiger partial charge in [-0.25, -0.2) is 0 Å². The molecule has 2 atom stereocenters. The summed E-state index contributed by atoms with van der Waals surface area (Å²) in [7, 11) is 0. The molecule has 0 saturated carbocycles. The molecule has 0 aromatic carbocycles. The Bertz CT molecular complexity index is 282. The first-order valence-corrected chi connectivity index (χ1v) is 6.65. The molecule has 0 spiro atoms. The molecule has 19 heavy (non-hydrogen) atoms. The largest absolute Gasteiger partial charge is 0.480 e. The third-order valence-corrected chi connectivity index (χ3v) is 2.86. The second kappa shape index (κ2) is 9.75. The normalized spacial score (nSPS) is 13.9. The summed E-state index contributed by atoms with van der Waals surface area (Å²) in [5.41, 5.74) is 0. The van der Waals surface area contributed by atoms with Gasteiger partial charge in [-0.15, -0.1) is 0 Å². The smallest absolute Gasteiger partial charge is 0.323 e. The molecule has 1 N–H and O–H groups in total. The lowest BCUT2D eigenvalue weighted by Gasteiger charge is -2.29. The van der Waals surface area contributed by atoms with Crippen molar-refractivity contribution in [3.63, 3.8) is 0 Å². The second-order valence-electron chi connectivity index (χ2n) is 4.33. The van der Waals surface area contributed by atoms with E-state index in [4.69, 9.17) is 14.6 Å². The maximum Gasteiger partial charge on any atom is 0.323 e. The van der Waals surface area contributed by atoms with E-state index in [2.05, 4.69) is 0 Å². The summed E-state index contributed by atoms with van der Waals surface area (Å²) in [5.74, 6) is -1.32. The second-order valence-corrected chi connectivity index (χ2v) is 4.33. The lowest BCUT2D eigenvalue weighted by molar-refractivity contribution is -0.152. The number of carbonyl (C=O) groups excluding carboxylic acids is 1. The number of carboxylic acid groups (broad SMARTS) is 1. The molecule has 1 amide bonds. The Morgan fingerprint density at radius 2 is 1.84 bits per heavy atom. The molecule has 0 aromatic heterocycles. The number of hydrogen-bond acceptors (Lipinski definition) is 4. The minimum absolute atomic E-state index is 0.124. The van der Waals surface area contributed by atoms with Crippen molar-refractivity contribution in [2.75, 3.05) is 26.4 Å². The van der Waals surface area contributed by atoms with Gasteiger partial charge in [0.25, 0.3) is 5.91 Å². The first-order valence-electron chi connectivity index (χ1n) is 6.65. The standard InChI is InChI=1S/C13H25NO5/c1-5-10(3)14(9-12(15)16)13(17)11(4)19-8-7-18-6-2/h10-11H,5-9H2,1-4H3,(H,15,16). The zero-order chi connectivity index (χ0) is 14.8.